The van der Waals surface area contributed by atoms with Crippen LogP contribution < -0.4 is 0 Å². The Hall–Kier alpha value is -8.08. The minimum Gasteiger partial charge on any atom is -0.309 e. The Labute approximate surface area is 343 Å². The fourth-order valence-corrected chi connectivity index (χ4v) is 10.6. The van der Waals surface area contributed by atoms with Gasteiger partial charge < -0.3 is 18.1 Å². The van der Waals surface area contributed by atoms with Gasteiger partial charge in [-0.2, -0.15) is 0 Å². The summed E-state index contributed by atoms with van der Waals surface area (Å²) in [6, 6.07) is 75.9. The summed E-state index contributed by atoms with van der Waals surface area (Å²) in [6.07, 6.45) is 0. The Morgan fingerprint density at radius 2 is 0.683 bits per heavy atom. The lowest BCUT2D eigenvalue weighted by atomic mass is 10.0. The lowest BCUT2D eigenvalue weighted by Gasteiger charge is -2.11. The topological polar surface area (TPSA) is 19.2 Å². The molecule has 0 spiro atoms. The summed E-state index contributed by atoms with van der Waals surface area (Å²) in [7, 11) is 0. The van der Waals surface area contributed by atoms with Crippen molar-refractivity contribution in [2.75, 3.05) is 0 Å². The standard InChI is InChI=1S/C56H34N4/c1-3-14-37(15-4-1)57-47-22-11-9-19-41(47)44-32-35(26-29-50(44)57)36-27-30-52-46(33-36)54-53-25-13-24-49-40-18-7-8-21-43(40)55(60(49)53)56(54)59(52)39-28-31-51-45(34-39)42-20-10-12-23-48(42)58(51)38-16-5-2-6-17-38/h1-34H. The van der Waals surface area contributed by atoms with Gasteiger partial charge in [0.15, 0.2) is 0 Å². The van der Waals surface area contributed by atoms with Gasteiger partial charge in [0, 0.05) is 60.2 Å². The van der Waals surface area contributed by atoms with Gasteiger partial charge in [0.2, 0.25) is 0 Å². The minimum atomic E-state index is 1.15. The first-order valence-electron chi connectivity index (χ1n) is 20.7. The maximum absolute atomic E-state index is 2.54. The van der Waals surface area contributed by atoms with Crippen LogP contribution >= 0.6 is 0 Å². The molecular formula is C56H34N4. The van der Waals surface area contributed by atoms with Crippen molar-refractivity contribution in [3.63, 3.8) is 0 Å². The molecule has 278 valence electrons. The molecular weight excluding hydrogens is 729 g/mol. The van der Waals surface area contributed by atoms with Gasteiger partial charge in [0.1, 0.15) is 0 Å². The van der Waals surface area contributed by atoms with Crippen LogP contribution in [-0.2, 0) is 0 Å². The average molecular weight is 763 g/mol. The zero-order valence-electron chi connectivity index (χ0n) is 32.4. The number of nitrogens with zero attached hydrogens (tertiary/aromatic N) is 4. The Balaban J connectivity index is 1.06. The largest absolute Gasteiger partial charge is 0.309 e. The van der Waals surface area contributed by atoms with Gasteiger partial charge >= 0.3 is 0 Å². The molecule has 0 aliphatic heterocycles. The van der Waals surface area contributed by atoms with E-state index in [4.69, 9.17) is 0 Å². The predicted molar refractivity (Wildman–Crippen MR) is 252 cm³/mol. The van der Waals surface area contributed by atoms with Gasteiger partial charge in [-0.15, -0.1) is 0 Å². The van der Waals surface area contributed by atoms with E-state index in [2.05, 4.69) is 224 Å². The van der Waals surface area contributed by atoms with Crippen molar-refractivity contribution < 1.29 is 0 Å². The first kappa shape index (κ1) is 31.9. The molecule has 0 fully saturated rings. The molecule has 0 aliphatic carbocycles. The molecule has 60 heavy (non-hydrogen) atoms. The van der Waals surface area contributed by atoms with Crippen LogP contribution in [0.3, 0.4) is 0 Å². The van der Waals surface area contributed by atoms with Crippen molar-refractivity contribution in [2.24, 2.45) is 0 Å². The number of hydrogen-bond acceptors (Lipinski definition) is 0. The second-order valence-corrected chi connectivity index (χ2v) is 16.1. The van der Waals surface area contributed by atoms with Crippen LogP contribution in [-0.4, -0.2) is 18.1 Å². The highest BCUT2D eigenvalue weighted by Crippen LogP contribution is 2.46. The van der Waals surface area contributed by atoms with Crippen LogP contribution in [0, 0.1) is 0 Å². The Morgan fingerprint density at radius 1 is 0.233 bits per heavy atom. The van der Waals surface area contributed by atoms with E-state index >= 15 is 0 Å². The Kier molecular flexibility index (Phi) is 6.26. The third kappa shape index (κ3) is 4.14. The molecule has 4 nitrogen and oxygen atoms in total. The zero-order chi connectivity index (χ0) is 39.1. The maximum atomic E-state index is 2.54. The van der Waals surface area contributed by atoms with E-state index in [9.17, 15) is 0 Å². The Bertz CT molecular complexity index is 4050. The third-order valence-electron chi connectivity index (χ3n) is 13.1. The second kappa shape index (κ2) is 11.8. The predicted octanol–water partition coefficient (Wildman–Crippen LogP) is 14.6. The normalized spacial score (nSPS) is 12.3. The third-order valence-corrected chi connectivity index (χ3v) is 13.1. The van der Waals surface area contributed by atoms with Crippen molar-refractivity contribution in [3.05, 3.63) is 206 Å². The number of rotatable bonds is 4. The van der Waals surface area contributed by atoms with Crippen LogP contribution in [0.2, 0.25) is 0 Å². The smallest absolute Gasteiger partial charge is 0.0810 e. The van der Waals surface area contributed by atoms with Crippen molar-refractivity contribution >= 4 is 92.7 Å². The van der Waals surface area contributed by atoms with E-state index in [1.165, 1.54) is 110 Å². The quantitative estimate of drug-likeness (QED) is 0.170. The van der Waals surface area contributed by atoms with E-state index in [0.717, 1.165) is 11.4 Å². The molecule has 0 atom stereocenters. The first-order valence-corrected chi connectivity index (χ1v) is 20.7. The summed E-state index contributed by atoms with van der Waals surface area (Å²) in [5.74, 6) is 0. The van der Waals surface area contributed by atoms with Crippen molar-refractivity contribution in [1.82, 2.24) is 18.1 Å². The molecule has 6 aromatic heterocycles. The van der Waals surface area contributed by atoms with Gasteiger partial charge in [-0.3, -0.25) is 0 Å². The van der Waals surface area contributed by atoms with E-state index < -0.39 is 0 Å². The summed E-state index contributed by atoms with van der Waals surface area (Å²) < 4.78 is 9.82. The molecule has 0 N–H and O–H groups in total. The number of benzene rings is 8. The maximum Gasteiger partial charge on any atom is 0.0810 e. The number of fused-ring (bicyclic) bond motifs is 14. The van der Waals surface area contributed by atoms with Crippen molar-refractivity contribution in [2.45, 2.75) is 0 Å². The molecule has 0 bridgehead atoms. The van der Waals surface area contributed by atoms with Crippen LogP contribution in [0.1, 0.15) is 0 Å². The van der Waals surface area contributed by atoms with Crippen LogP contribution in [0.4, 0.5) is 0 Å². The second-order valence-electron chi connectivity index (χ2n) is 16.1. The summed E-state index contributed by atoms with van der Waals surface area (Å²) in [5.41, 5.74) is 16.9. The highest BCUT2D eigenvalue weighted by molar-refractivity contribution is 6.30. The molecule has 0 saturated carbocycles. The zero-order valence-corrected chi connectivity index (χ0v) is 32.4. The lowest BCUT2D eigenvalue weighted by Crippen LogP contribution is -1.96. The summed E-state index contributed by atoms with van der Waals surface area (Å²) >= 11 is 0. The molecule has 0 saturated heterocycles. The molecule has 14 aromatic rings. The fraction of sp³-hybridized carbons (Fsp3) is 0. The fourth-order valence-electron chi connectivity index (χ4n) is 10.6. The number of pyridine rings is 1. The first-order chi connectivity index (χ1) is 29.8. The monoisotopic (exact) mass is 762 g/mol. The van der Waals surface area contributed by atoms with Crippen molar-refractivity contribution in [3.8, 4) is 28.2 Å². The summed E-state index contributed by atoms with van der Waals surface area (Å²) in [4.78, 5) is 0. The highest BCUT2D eigenvalue weighted by Gasteiger charge is 2.25. The molecule has 0 unspecified atom stereocenters. The molecule has 14 rings (SSSR count). The number of aromatic nitrogens is 4. The van der Waals surface area contributed by atoms with E-state index in [1.807, 2.05) is 0 Å². The SMILES string of the molecule is c1ccc(-n2c3ccccc3c3cc(-c4ccc5c(c4)c4c(c6c7ccccc7c7cccc4n76)n5-c4ccc5c(c4)c4ccccc4n5-c4ccccc4)ccc32)cc1. The minimum absolute atomic E-state index is 1.15. The number of hydrogen-bond donors (Lipinski definition) is 0. The van der Waals surface area contributed by atoms with Crippen LogP contribution in [0.15, 0.2) is 206 Å². The van der Waals surface area contributed by atoms with Gasteiger partial charge in [0.05, 0.1) is 49.7 Å². The van der Waals surface area contributed by atoms with Crippen molar-refractivity contribution in [1.29, 1.82) is 0 Å². The number of para-hydroxylation sites is 4. The van der Waals surface area contributed by atoms with Crippen LogP contribution in [0.25, 0.3) is 121 Å². The average Bonchev–Trinajstić information content (AvgIpc) is 4.10. The molecule has 0 amide bonds. The van der Waals surface area contributed by atoms with Gasteiger partial charge in [0.25, 0.3) is 0 Å². The molecule has 8 aromatic carbocycles. The lowest BCUT2D eigenvalue weighted by molar-refractivity contribution is 1.17. The molecule has 0 radical (unpaired) electrons. The van der Waals surface area contributed by atoms with E-state index in [-0.39, 0.29) is 0 Å². The van der Waals surface area contributed by atoms with Crippen LogP contribution in [0.5, 0.6) is 0 Å². The molecule has 4 heteroatoms. The van der Waals surface area contributed by atoms with E-state index in [0.29, 0.717) is 0 Å². The highest BCUT2D eigenvalue weighted by atomic mass is 15.0. The molecule has 0 aliphatic rings. The Morgan fingerprint density at radius 3 is 1.32 bits per heavy atom. The molecule has 6 heterocycles. The summed E-state index contributed by atoms with van der Waals surface area (Å²) in [5, 5.41) is 10.1. The van der Waals surface area contributed by atoms with Gasteiger partial charge in [-0.1, -0.05) is 115 Å². The van der Waals surface area contributed by atoms with E-state index in [1.54, 1.807) is 0 Å². The van der Waals surface area contributed by atoms with Gasteiger partial charge in [-0.05, 0) is 102 Å². The summed E-state index contributed by atoms with van der Waals surface area (Å²) in [6.45, 7) is 0. The van der Waals surface area contributed by atoms with Gasteiger partial charge in [-0.25, -0.2) is 0 Å².